The summed E-state index contributed by atoms with van der Waals surface area (Å²) in [4.78, 5) is 18.2. The molecule has 0 aliphatic rings. The Morgan fingerprint density at radius 1 is 0.938 bits per heavy atom. The van der Waals surface area contributed by atoms with Gasteiger partial charge < -0.3 is 19.6 Å². The second kappa shape index (κ2) is 9.32. The third-order valence-corrected chi connectivity index (χ3v) is 5.86. The number of para-hydroxylation sites is 1. The number of rotatable bonds is 7. The van der Waals surface area contributed by atoms with Crippen molar-refractivity contribution in [3.63, 3.8) is 0 Å². The summed E-state index contributed by atoms with van der Waals surface area (Å²) in [5.41, 5.74) is 5.27. The largest absolute Gasteiger partial charge is 0.493 e. The highest BCUT2D eigenvalue weighted by Gasteiger charge is 2.19. The zero-order valence-corrected chi connectivity index (χ0v) is 19.5. The van der Waals surface area contributed by atoms with E-state index in [0.29, 0.717) is 46.1 Å². The minimum absolute atomic E-state index is 0.202. The van der Waals surface area contributed by atoms with Gasteiger partial charge in [0.25, 0.3) is 5.56 Å². The van der Waals surface area contributed by atoms with Gasteiger partial charge in [0, 0.05) is 10.0 Å². The van der Waals surface area contributed by atoms with Gasteiger partial charge in [0.05, 0.1) is 38.8 Å². The first-order valence-corrected chi connectivity index (χ1v) is 10.7. The standard InChI is InChI=1S/C24H22BrN3O4/c1-30-20-12-16(13-21(31-2)22(20)32-3)23-27-19-11-7-5-9-17(19)24(29)28(23)26-14-15-8-4-6-10-18(15)25/h4-13,26H,14H2,1-3H3. The van der Waals surface area contributed by atoms with Crippen LogP contribution in [0.5, 0.6) is 17.2 Å². The van der Waals surface area contributed by atoms with Gasteiger partial charge in [-0.05, 0) is 35.9 Å². The molecule has 4 rings (SSSR count). The molecule has 0 spiro atoms. The van der Waals surface area contributed by atoms with Crippen LogP contribution in [0.1, 0.15) is 5.56 Å². The van der Waals surface area contributed by atoms with Gasteiger partial charge in [-0.25, -0.2) is 9.66 Å². The quantitative estimate of drug-likeness (QED) is 0.404. The fraction of sp³-hybridized carbons (Fsp3) is 0.167. The average molecular weight is 496 g/mol. The van der Waals surface area contributed by atoms with Gasteiger partial charge in [-0.3, -0.25) is 4.79 Å². The summed E-state index contributed by atoms with van der Waals surface area (Å²) in [6.45, 7) is 0.415. The molecule has 0 atom stereocenters. The molecule has 0 radical (unpaired) electrons. The first-order chi connectivity index (χ1) is 15.6. The summed E-state index contributed by atoms with van der Waals surface area (Å²) < 4.78 is 18.8. The molecular weight excluding hydrogens is 474 g/mol. The fourth-order valence-electron chi connectivity index (χ4n) is 3.49. The summed E-state index contributed by atoms with van der Waals surface area (Å²) in [6.07, 6.45) is 0. The maximum atomic E-state index is 13.4. The Morgan fingerprint density at radius 2 is 1.59 bits per heavy atom. The highest BCUT2D eigenvalue weighted by Crippen LogP contribution is 2.40. The number of ether oxygens (including phenoxy) is 3. The Kier molecular flexibility index (Phi) is 6.32. The lowest BCUT2D eigenvalue weighted by molar-refractivity contribution is 0.324. The van der Waals surface area contributed by atoms with Crippen molar-refractivity contribution in [2.45, 2.75) is 6.54 Å². The summed E-state index contributed by atoms with van der Waals surface area (Å²) in [6, 6.07) is 18.6. The Bertz CT molecular complexity index is 1310. The molecule has 164 valence electrons. The molecule has 32 heavy (non-hydrogen) atoms. The summed E-state index contributed by atoms with van der Waals surface area (Å²) in [7, 11) is 4.64. The molecule has 3 aromatic carbocycles. The van der Waals surface area contributed by atoms with E-state index in [9.17, 15) is 4.79 Å². The summed E-state index contributed by atoms with van der Waals surface area (Å²) >= 11 is 3.56. The number of fused-ring (bicyclic) bond motifs is 1. The van der Waals surface area contributed by atoms with Crippen LogP contribution in [0.3, 0.4) is 0 Å². The molecule has 0 bridgehead atoms. The van der Waals surface area contributed by atoms with Crippen LogP contribution in [0.4, 0.5) is 0 Å². The smallest absolute Gasteiger partial charge is 0.280 e. The van der Waals surface area contributed by atoms with Crippen LogP contribution in [0.2, 0.25) is 0 Å². The minimum Gasteiger partial charge on any atom is -0.493 e. The first-order valence-electron chi connectivity index (χ1n) is 9.86. The van der Waals surface area contributed by atoms with E-state index in [-0.39, 0.29) is 5.56 Å². The zero-order chi connectivity index (χ0) is 22.7. The van der Waals surface area contributed by atoms with Crippen molar-refractivity contribution >= 4 is 26.8 Å². The third-order valence-electron chi connectivity index (χ3n) is 5.08. The normalized spacial score (nSPS) is 10.8. The molecule has 0 amide bonds. The van der Waals surface area contributed by atoms with Crippen molar-refractivity contribution in [1.82, 2.24) is 9.66 Å². The van der Waals surface area contributed by atoms with Crippen molar-refractivity contribution in [1.29, 1.82) is 0 Å². The van der Waals surface area contributed by atoms with Crippen molar-refractivity contribution in [3.8, 4) is 28.6 Å². The highest BCUT2D eigenvalue weighted by atomic mass is 79.9. The van der Waals surface area contributed by atoms with Gasteiger partial charge in [0.1, 0.15) is 0 Å². The Balaban J connectivity index is 1.91. The number of aromatic nitrogens is 2. The fourth-order valence-corrected chi connectivity index (χ4v) is 3.91. The lowest BCUT2D eigenvalue weighted by Crippen LogP contribution is -2.31. The molecular formula is C24H22BrN3O4. The van der Waals surface area contributed by atoms with E-state index in [1.165, 1.54) is 4.68 Å². The Labute approximate surface area is 193 Å². The lowest BCUT2D eigenvalue weighted by atomic mass is 10.1. The number of methoxy groups -OCH3 is 3. The number of hydrogen-bond acceptors (Lipinski definition) is 6. The SMILES string of the molecule is COc1cc(-c2nc3ccccc3c(=O)n2NCc2ccccc2Br)cc(OC)c1OC. The van der Waals surface area contributed by atoms with E-state index >= 15 is 0 Å². The maximum absolute atomic E-state index is 13.4. The van der Waals surface area contributed by atoms with Gasteiger partial charge >= 0.3 is 0 Å². The van der Waals surface area contributed by atoms with Crippen molar-refractivity contribution < 1.29 is 14.2 Å². The van der Waals surface area contributed by atoms with E-state index < -0.39 is 0 Å². The van der Waals surface area contributed by atoms with Crippen molar-refractivity contribution in [2.75, 3.05) is 26.8 Å². The minimum atomic E-state index is -0.202. The monoisotopic (exact) mass is 495 g/mol. The highest BCUT2D eigenvalue weighted by molar-refractivity contribution is 9.10. The number of benzene rings is 3. The van der Waals surface area contributed by atoms with E-state index in [4.69, 9.17) is 19.2 Å². The Morgan fingerprint density at radius 3 is 2.25 bits per heavy atom. The van der Waals surface area contributed by atoms with Gasteiger partial charge in [-0.2, -0.15) is 0 Å². The maximum Gasteiger partial charge on any atom is 0.280 e. The second-order valence-corrected chi connectivity index (χ2v) is 7.79. The summed E-state index contributed by atoms with van der Waals surface area (Å²) in [5.74, 6) is 1.85. The lowest BCUT2D eigenvalue weighted by Gasteiger charge is -2.18. The van der Waals surface area contributed by atoms with Crippen LogP contribution in [0.15, 0.2) is 69.9 Å². The number of nitrogens with one attached hydrogen (secondary N) is 1. The molecule has 0 unspecified atom stereocenters. The molecule has 1 aromatic heterocycles. The molecule has 0 fully saturated rings. The van der Waals surface area contributed by atoms with Gasteiger partial charge in [0.15, 0.2) is 17.3 Å². The average Bonchev–Trinajstić information content (AvgIpc) is 2.83. The molecule has 0 saturated heterocycles. The predicted molar refractivity (Wildman–Crippen MR) is 128 cm³/mol. The molecule has 8 heteroatoms. The number of hydrogen-bond donors (Lipinski definition) is 1. The van der Waals surface area contributed by atoms with Crippen LogP contribution < -0.4 is 25.2 Å². The van der Waals surface area contributed by atoms with Crippen LogP contribution >= 0.6 is 15.9 Å². The van der Waals surface area contributed by atoms with Crippen LogP contribution in [0, 0.1) is 0 Å². The predicted octanol–water partition coefficient (Wildman–Crippen LogP) is 4.60. The number of halogens is 1. The van der Waals surface area contributed by atoms with Crippen molar-refractivity contribution in [3.05, 3.63) is 81.1 Å². The van der Waals surface area contributed by atoms with Crippen LogP contribution in [-0.4, -0.2) is 31.0 Å². The van der Waals surface area contributed by atoms with E-state index in [0.717, 1.165) is 10.0 Å². The zero-order valence-electron chi connectivity index (χ0n) is 17.9. The van der Waals surface area contributed by atoms with E-state index in [1.807, 2.05) is 42.5 Å². The van der Waals surface area contributed by atoms with Crippen molar-refractivity contribution in [2.24, 2.45) is 0 Å². The van der Waals surface area contributed by atoms with Gasteiger partial charge in [-0.1, -0.05) is 46.3 Å². The molecule has 1 N–H and O–H groups in total. The third kappa shape index (κ3) is 4.01. The molecule has 7 nitrogen and oxygen atoms in total. The van der Waals surface area contributed by atoms with Gasteiger partial charge in [-0.15, -0.1) is 0 Å². The second-order valence-electron chi connectivity index (χ2n) is 6.93. The van der Waals surface area contributed by atoms with Crippen LogP contribution in [-0.2, 0) is 6.54 Å². The molecule has 0 aliphatic heterocycles. The van der Waals surface area contributed by atoms with Crippen LogP contribution in [0.25, 0.3) is 22.3 Å². The molecule has 0 aliphatic carbocycles. The Hall–Kier alpha value is -3.52. The first kappa shape index (κ1) is 21.7. The molecule has 0 saturated carbocycles. The van der Waals surface area contributed by atoms with E-state index in [1.54, 1.807) is 39.5 Å². The molecule has 1 heterocycles. The van der Waals surface area contributed by atoms with E-state index in [2.05, 4.69) is 21.4 Å². The van der Waals surface area contributed by atoms with Gasteiger partial charge in [0.2, 0.25) is 5.75 Å². The summed E-state index contributed by atoms with van der Waals surface area (Å²) in [5, 5.41) is 0.517. The number of nitrogens with zero attached hydrogens (tertiary/aromatic N) is 2. The topological polar surface area (TPSA) is 74.6 Å². The molecule has 4 aromatic rings.